The quantitative estimate of drug-likeness (QED) is 0.354. The Labute approximate surface area is 107 Å². The number of halogens is 2. The third kappa shape index (κ3) is 4.01. The molecule has 7 heteroatoms. The predicted octanol–water partition coefficient (Wildman–Crippen LogP) is 1.83. The van der Waals surface area contributed by atoms with Crippen molar-refractivity contribution in [3.63, 3.8) is 0 Å². The number of ether oxygens (including phenoxy) is 2. The van der Waals surface area contributed by atoms with Gasteiger partial charge < -0.3 is 15.0 Å². The molecule has 0 heterocycles. The fraction of sp³-hybridized carbons (Fsp3) is 0.167. The molecular weight excluding hydrogens is 258 g/mol. The number of nitrogens with zero attached hydrogens (tertiary/aromatic N) is 2. The summed E-state index contributed by atoms with van der Waals surface area (Å²) < 4.78 is 36.1. The Morgan fingerprint density at radius 1 is 1.42 bits per heavy atom. The van der Waals surface area contributed by atoms with Crippen LogP contribution in [0.15, 0.2) is 18.2 Å². The molecule has 1 rings (SSSR count). The Morgan fingerprint density at radius 3 is 2.74 bits per heavy atom. The number of carbonyl (C=O) groups excluding carboxylic acids is 1. The Bertz CT molecular complexity index is 552. The van der Waals surface area contributed by atoms with Gasteiger partial charge in [-0.15, -0.1) is 0 Å². The van der Waals surface area contributed by atoms with Crippen molar-refractivity contribution in [3.05, 3.63) is 40.9 Å². The third-order valence-electron chi connectivity index (χ3n) is 2.07. The van der Waals surface area contributed by atoms with Gasteiger partial charge in [0.2, 0.25) is 0 Å². The molecule has 0 N–H and O–H groups in total. The molecule has 0 saturated heterocycles. The molecular formula is C12H10F2N2O3. The highest BCUT2D eigenvalue weighted by Gasteiger charge is 2.11. The molecule has 0 aliphatic rings. The van der Waals surface area contributed by atoms with E-state index in [-0.39, 0.29) is 17.9 Å². The number of esters is 1. The topological polar surface area (TPSA) is 71.9 Å². The molecule has 0 radical (unpaired) electrons. The molecule has 0 fully saturated rings. The maximum Gasteiger partial charge on any atom is 0.413 e. The first kappa shape index (κ1) is 14.5. The summed E-state index contributed by atoms with van der Waals surface area (Å²) >= 11 is 0. The predicted molar refractivity (Wildman–Crippen MR) is 62.6 cm³/mol. The van der Waals surface area contributed by atoms with Crippen LogP contribution in [0.4, 0.5) is 8.78 Å². The highest BCUT2D eigenvalue weighted by Crippen LogP contribution is 2.26. The van der Waals surface area contributed by atoms with Gasteiger partial charge in [-0.3, -0.25) is 0 Å². The van der Waals surface area contributed by atoms with Crippen molar-refractivity contribution in [2.24, 2.45) is 0 Å². The lowest BCUT2D eigenvalue weighted by Crippen LogP contribution is -2.05. The van der Waals surface area contributed by atoms with Crippen LogP contribution in [0.3, 0.4) is 0 Å². The van der Waals surface area contributed by atoms with Gasteiger partial charge in [0.25, 0.3) is 0 Å². The third-order valence-corrected chi connectivity index (χ3v) is 2.07. The normalized spacial score (nSPS) is 10.1. The highest BCUT2D eigenvalue weighted by molar-refractivity contribution is 6.20. The number of methoxy groups -OCH3 is 1. The van der Waals surface area contributed by atoms with Crippen LogP contribution < -0.4 is 4.74 Å². The molecule has 0 unspecified atom stereocenters. The minimum atomic E-state index is -0.862. The van der Waals surface area contributed by atoms with Gasteiger partial charge in [-0.25, -0.2) is 13.6 Å². The molecule has 1 aromatic rings. The average molecular weight is 268 g/mol. The number of hydrogen-bond donors (Lipinski definition) is 0. The molecule has 0 aliphatic carbocycles. The second-order valence-electron chi connectivity index (χ2n) is 3.25. The van der Waals surface area contributed by atoms with E-state index in [2.05, 4.69) is 9.53 Å². The summed E-state index contributed by atoms with van der Waals surface area (Å²) in [5.74, 6) is -2.47. The lowest BCUT2D eigenvalue weighted by molar-refractivity contribution is -0.137. The molecule has 0 bridgehead atoms. The maximum absolute atomic E-state index is 13.5. The molecule has 0 aromatic heterocycles. The van der Waals surface area contributed by atoms with Gasteiger partial charge in [-0.05, 0) is 24.3 Å². The van der Waals surface area contributed by atoms with Crippen molar-refractivity contribution >= 4 is 18.3 Å². The summed E-state index contributed by atoms with van der Waals surface area (Å²) in [6, 6.07) is 1.91. The van der Waals surface area contributed by atoms with Crippen molar-refractivity contribution in [3.8, 4) is 5.75 Å². The van der Waals surface area contributed by atoms with E-state index in [1.165, 1.54) is 19.3 Å². The van der Waals surface area contributed by atoms with E-state index < -0.39 is 17.6 Å². The van der Waals surface area contributed by atoms with Crippen LogP contribution in [-0.2, 0) is 9.53 Å². The second kappa shape index (κ2) is 7.03. The fourth-order valence-electron chi connectivity index (χ4n) is 1.29. The van der Waals surface area contributed by atoms with E-state index in [9.17, 15) is 13.6 Å². The van der Waals surface area contributed by atoms with Gasteiger partial charge in [0.15, 0.2) is 11.6 Å². The Morgan fingerprint density at radius 2 is 2.11 bits per heavy atom. The minimum absolute atomic E-state index is 0.0885. The van der Waals surface area contributed by atoms with E-state index >= 15 is 0 Å². The van der Waals surface area contributed by atoms with Crippen molar-refractivity contribution in [1.29, 1.82) is 0 Å². The molecule has 0 saturated carbocycles. The van der Waals surface area contributed by atoms with Crippen LogP contribution in [0.5, 0.6) is 5.75 Å². The van der Waals surface area contributed by atoms with Crippen molar-refractivity contribution in [2.75, 3.05) is 13.7 Å². The minimum Gasteiger partial charge on any atom is -0.493 e. The highest BCUT2D eigenvalue weighted by atomic mass is 19.1. The largest absolute Gasteiger partial charge is 0.493 e. The van der Waals surface area contributed by atoms with Crippen molar-refractivity contribution in [1.82, 2.24) is 0 Å². The summed E-state index contributed by atoms with van der Waals surface area (Å²) in [5, 5.41) is 0. The molecule has 5 nitrogen and oxygen atoms in total. The molecule has 0 amide bonds. The monoisotopic (exact) mass is 268 g/mol. The number of hydrogen-bond acceptors (Lipinski definition) is 3. The fourth-order valence-corrected chi connectivity index (χ4v) is 1.29. The number of carbonyl (C=O) groups is 1. The van der Waals surface area contributed by atoms with Crippen LogP contribution >= 0.6 is 0 Å². The molecule has 0 spiro atoms. The lowest BCUT2D eigenvalue weighted by Gasteiger charge is -2.06. The van der Waals surface area contributed by atoms with Crippen molar-refractivity contribution in [2.45, 2.75) is 0 Å². The molecule has 0 aliphatic heterocycles. The van der Waals surface area contributed by atoms with E-state index in [4.69, 9.17) is 10.3 Å². The lowest BCUT2D eigenvalue weighted by atomic mass is 10.1. The zero-order valence-electron chi connectivity index (χ0n) is 9.97. The van der Waals surface area contributed by atoms with Gasteiger partial charge in [0, 0.05) is 0 Å². The maximum atomic E-state index is 13.5. The van der Waals surface area contributed by atoms with E-state index in [1.807, 2.05) is 0 Å². The first-order valence-electron chi connectivity index (χ1n) is 5.13. The summed E-state index contributed by atoms with van der Waals surface area (Å²) in [6.07, 6.45) is 3.08. The van der Waals surface area contributed by atoms with Gasteiger partial charge in [0.05, 0.1) is 12.7 Å². The summed E-state index contributed by atoms with van der Waals surface area (Å²) in [7, 11) is 1.22. The smallest absolute Gasteiger partial charge is 0.413 e. The average Bonchev–Trinajstić information content (AvgIpc) is 2.38. The Hall–Kier alpha value is -2.53. The number of benzene rings is 1. The van der Waals surface area contributed by atoms with Crippen molar-refractivity contribution < 1.29 is 27.8 Å². The zero-order valence-corrected chi connectivity index (χ0v) is 9.97. The van der Waals surface area contributed by atoms with Gasteiger partial charge in [-0.1, -0.05) is 0 Å². The summed E-state index contributed by atoms with van der Waals surface area (Å²) in [5.41, 5.74) is 7.96. The SMILES string of the molecule is COc1c(F)ccc(F)c1/C=C/COC(=O)C=[N+]=[N-]. The summed E-state index contributed by atoms with van der Waals surface area (Å²) in [6.45, 7) is -0.191. The summed E-state index contributed by atoms with van der Waals surface area (Å²) in [4.78, 5) is 13.2. The van der Waals surface area contributed by atoms with Gasteiger partial charge in [-0.2, -0.15) is 4.79 Å². The van der Waals surface area contributed by atoms with Crippen LogP contribution in [0.1, 0.15) is 5.56 Å². The van der Waals surface area contributed by atoms with Gasteiger partial charge in [0.1, 0.15) is 12.4 Å². The molecule has 19 heavy (non-hydrogen) atoms. The Balaban J connectivity index is 2.79. The first-order valence-corrected chi connectivity index (χ1v) is 5.13. The molecule has 0 atom stereocenters. The Kier molecular flexibility index (Phi) is 5.37. The van der Waals surface area contributed by atoms with Crippen LogP contribution in [0.25, 0.3) is 11.6 Å². The standard InChI is InChI=1S/C12H10F2N2O3/c1-18-12-8(9(13)4-5-10(12)14)3-2-6-19-11(17)7-16-15/h2-5,7H,6H2,1H3/b3-2+. The van der Waals surface area contributed by atoms with Crippen LogP contribution in [0, 0.1) is 11.6 Å². The zero-order chi connectivity index (χ0) is 14.3. The van der Waals surface area contributed by atoms with E-state index in [0.717, 1.165) is 12.1 Å². The van der Waals surface area contributed by atoms with E-state index in [1.54, 1.807) is 0 Å². The molecule has 1 aromatic carbocycles. The number of rotatable bonds is 5. The second-order valence-corrected chi connectivity index (χ2v) is 3.25. The van der Waals surface area contributed by atoms with Gasteiger partial charge >= 0.3 is 12.2 Å². The first-order chi connectivity index (χ1) is 9.10. The van der Waals surface area contributed by atoms with Crippen LogP contribution in [0.2, 0.25) is 0 Å². The van der Waals surface area contributed by atoms with E-state index in [0.29, 0.717) is 6.21 Å². The molecule has 100 valence electrons. The van der Waals surface area contributed by atoms with Crippen LogP contribution in [-0.4, -0.2) is 30.7 Å².